The van der Waals surface area contributed by atoms with Crippen LogP contribution in [0, 0.1) is 12.8 Å². The minimum absolute atomic E-state index is 0.0666. The molecule has 3 rings (SSSR count). The van der Waals surface area contributed by atoms with E-state index in [1.807, 2.05) is 6.92 Å². The molecule has 0 radical (unpaired) electrons. The predicted molar refractivity (Wildman–Crippen MR) is 87.5 cm³/mol. The fourth-order valence-corrected chi connectivity index (χ4v) is 2.63. The smallest absolute Gasteiger partial charge is 0.294 e. The molecule has 0 unspecified atom stereocenters. The topological polar surface area (TPSA) is 66.4 Å². The average molecular weight is 319 g/mol. The largest absolute Gasteiger partial charge is 0.316 e. The van der Waals surface area contributed by atoms with Gasteiger partial charge in [-0.05, 0) is 50.0 Å². The number of nitrogens with one attached hydrogen (secondary N) is 1. The Morgan fingerprint density at radius 1 is 1.05 bits per heavy atom. The van der Waals surface area contributed by atoms with E-state index >= 15 is 0 Å². The van der Waals surface area contributed by atoms with Crippen molar-refractivity contribution < 1.29 is 13.0 Å². The highest BCUT2D eigenvalue weighted by molar-refractivity contribution is 7.85. The molecule has 118 valence electrons. The SMILES string of the molecule is Cc1ccc(S(=O)(=O)O)cc1.c1ccc(CC2CNC2)cc1. The van der Waals surface area contributed by atoms with E-state index in [0.29, 0.717) is 0 Å². The second-order valence-corrected chi connectivity index (χ2v) is 6.92. The van der Waals surface area contributed by atoms with Gasteiger partial charge in [0, 0.05) is 0 Å². The van der Waals surface area contributed by atoms with Crippen LogP contribution in [0.5, 0.6) is 0 Å². The van der Waals surface area contributed by atoms with Crippen LogP contribution in [0.15, 0.2) is 59.5 Å². The maximum Gasteiger partial charge on any atom is 0.294 e. The normalized spacial score (nSPS) is 14.6. The summed E-state index contributed by atoms with van der Waals surface area (Å²) in [4.78, 5) is -0.0666. The van der Waals surface area contributed by atoms with E-state index < -0.39 is 10.1 Å². The molecule has 2 aromatic rings. The molecule has 0 saturated carbocycles. The Morgan fingerprint density at radius 3 is 2.09 bits per heavy atom. The third-order valence-electron chi connectivity index (χ3n) is 3.55. The van der Waals surface area contributed by atoms with Gasteiger partial charge >= 0.3 is 0 Å². The van der Waals surface area contributed by atoms with Crippen molar-refractivity contribution in [1.29, 1.82) is 0 Å². The summed E-state index contributed by atoms with van der Waals surface area (Å²) in [6.07, 6.45) is 1.24. The number of benzene rings is 2. The molecule has 0 atom stereocenters. The third-order valence-corrected chi connectivity index (χ3v) is 4.42. The van der Waals surface area contributed by atoms with Gasteiger partial charge in [-0.2, -0.15) is 8.42 Å². The standard InChI is InChI=1S/C10H13N.C7H8O3S/c1-2-4-9(5-3-1)6-10-7-11-8-10;1-6-2-4-7(5-3-6)11(8,9)10/h1-5,10-11H,6-8H2;2-5H,1H3,(H,8,9,10). The number of aryl methyl sites for hydroxylation is 1. The summed E-state index contributed by atoms with van der Waals surface area (Å²) in [6.45, 7) is 4.25. The van der Waals surface area contributed by atoms with Crippen molar-refractivity contribution in [1.82, 2.24) is 5.32 Å². The molecule has 2 aromatic carbocycles. The van der Waals surface area contributed by atoms with Crippen LogP contribution < -0.4 is 5.32 Å². The molecule has 22 heavy (non-hydrogen) atoms. The Bertz CT molecular complexity index is 678. The van der Waals surface area contributed by atoms with Crippen molar-refractivity contribution >= 4 is 10.1 Å². The van der Waals surface area contributed by atoms with E-state index in [-0.39, 0.29) is 4.90 Å². The molecule has 1 saturated heterocycles. The first-order valence-corrected chi connectivity index (χ1v) is 8.68. The van der Waals surface area contributed by atoms with Crippen molar-refractivity contribution in [2.24, 2.45) is 5.92 Å². The van der Waals surface area contributed by atoms with Gasteiger partial charge in [-0.3, -0.25) is 4.55 Å². The molecule has 0 amide bonds. The van der Waals surface area contributed by atoms with Crippen LogP contribution in [-0.4, -0.2) is 26.1 Å². The Kier molecular flexibility index (Phi) is 5.71. The van der Waals surface area contributed by atoms with Gasteiger partial charge in [0.15, 0.2) is 0 Å². The van der Waals surface area contributed by atoms with Crippen molar-refractivity contribution in [2.75, 3.05) is 13.1 Å². The number of hydrogen-bond acceptors (Lipinski definition) is 3. The van der Waals surface area contributed by atoms with E-state index in [4.69, 9.17) is 4.55 Å². The van der Waals surface area contributed by atoms with Crippen LogP contribution in [0.1, 0.15) is 11.1 Å². The molecule has 0 aliphatic carbocycles. The monoisotopic (exact) mass is 319 g/mol. The van der Waals surface area contributed by atoms with Crippen molar-refractivity contribution in [2.45, 2.75) is 18.2 Å². The summed E-state index contributed by atoms with van der Waals surface area (Å²) in [7, 11) is -4.02. The maximum absolute atomic E-state index is 10.5. The molecule has 1 heterocycles. The fourth-order valence-electron chi connectivity index (χ4n) is 2.15. The van der Waals surface area contributed by atoms with E-state index in [2.05, 4.69) is 35.6 Å². The molecular formula is C17H21NO3S. The molecule has 2 N–H and O–H groups in total. The Balaban J connectivity index is 0.000000160. The minimum atomic E-state index is -4.02. The third kappa shape index (κ3) is 5.26. The van der Waals surface area contributed by atoms with Gasteiger partial charge < -0.3 is 5.32 Å². The van der Waals surface area contributed by atoms with E-state index in [9.17, 15) is 8.42 Å². The highest BCUT2D eigenvalue weighted by atomic mass is 32.2. The van der Waals surface area contributed by atoms with Gasteiger partial charge in [-0.1, -0.05) is 48.0 Å². The molecule has 1 fully saturated rings. The van der Waals surface area contributed by atoms with Crippen LogP contribution in [0.2, 0.25) is 0 Å². The molecule has 0 bridgehead atoms. The molecular weight excluding hydrogens is 298 g/mol. The molecule has 0 aromatic heterocycles. The van der Waals surface area contributed by atoms with Gasteiger partial charge in [-0.25, -0.2) is 0 Å². The Labute approximate surface area is 131 Å². The lowest BCUT2D eigenvalue weighted by atomic mass is 9.95. The summed E-state index contributed by atoms with van der Waals surface area (Å²) in [5.41, 5.74) is 2.43. The highest BCUT2D eigenvalue weighted by Gasteiger charge is 2.16. The summed E-state index contributed by atoms with van der Waals surface area (Å²) in [5.74, 6) is 0.886. The summed E-state index contributed by atoms with van der Waals surface area (Å²) in [6, 6.07) is 16.7. The van der Waals surface area contributed by atoms with Crippen molar-refractivity contribution in [3.05, 3.63) is 65.7 Å². The van der Waals surface area contributed by atoms with Gasteiger partial charge in [0.1, 0.15) is 0 Å². The van der Waals surface area contributed by atoms with Gasteiger partial charge in [0.2, 0.25) is 0 Å². The van der Waals surface area contributed by atoms with E-state index in [1.165, 1.54) is 37.2 Å². The number of hydrogen-bond donors (Lipinski definition) is 2. The lowest BCUT2D eigenvalue weighted by Gasteiger charge is -2.26. The lowest BCUT2D eigenvalue weighted by Crippen LogP contribution is -2.43. The van der Waals surface area contributed by atoms with Crippen LogP contribution >= 0.6 is 0 Å². The molecule has 0 spiro atoms. The first-order chi connectivity index (χ1) is 10.4. The Morgan fingerprint density at radius 2 is 1.64 bits per heavy atom. The second kappa shape index (κ2) is 7.54. The fraction of sp³-hybridized carbons (Fsp3) is 0.294. The molecule has 5 heteroatoms. The van der Waals surface area contributed by atoms with Crippen molar-refractivity contribution in [3.63, 3.8) is 0 Å². The summed E-state index contributed by atoms with van der Waals surface area (Å²) < 4.78 is 29.6. The summed E-state index contributed by atoms with van der Waals surface area (Å²) >= 11 is 0. The first kappa shape index (κ1) is 16.7. The van der Waals surface area contributed by atoms with Crippen LogP contribution in [0.4, 0.5) is 0 Å². The zero-order valence-corrected chi connectivity index (χ0v) is 13.4. The maximum atomic E-state index is 10.5. The van der Waals surface area contributed by atoms with E-state index in [1.54, 1.807) is 12.1 Å². The Hall–Kier alpha value is -1.69. The van der Waals surface area contributed by atoms with Crippen LogP contribution in [0.3, 0.4) is 0 Å². The zero-order chi connectivity index (χ0) is 16.0. The predicted octanol–water partition coefficient (Wildman–Crippen LogP) is 2.69. The minimum Gasteiger partial charge on any atom is -0.316 e. The van der Waals surface area contributed by atoms with Crippen molar-refractivity contribution in [3.8, 4) is 0 Å². The second-order valence-electron chi connectivity index (χ2n) is 5.50. The molecule has 1 aliphatic heterocycles. The van der Waals surface area contributed by atoms with Gasteiger partial charge in [0.25, 0.3) is 10.1 Å². The zero-order valence-electron chi connectivity index (χ0n) is 12.6. The first-order valence-electron chi connectivity index (χ1n) is 7.24. The quantitative estimate of drug-likeness (QED) is 0.854. The van der Waals surface area contributed by atoms with E-state index in [0.717, 1.165) is 11.5 Å². The van der Waals surface area contributed by atoms with Crippen LogP contribution in [-0.2, 0) is 16.5 Å². The summed E-state index contributed by atoms with van der Waals surface area (Å²) in [5, 5.41) is 3.28. The lowest BCUT2D eigenvalue weighted by molar-refractivity contribution is 0.346. The number of rotatable bonds is 3. The van der Waals surface area contributed by atoms with Gasteiger partial charge in [-0.15, -0.1) is 0 Å². The van der Waals surface area contributed by atoms with Crippen LogP contribution in [0.25, 0.3) is 0 Å². The average Bonchev–Trinajstić information content (AvgIpc) is 2.44. The molecule has 1 aliphatic rings. The molecule has 4 nitrogen and oxygen atoms in total. The highest BCUT2D eigenvalue weighted by Crippen LogP contribution is 2.11. The van der Waals surface area contributed by atoms with Gasteiger partial charge in [0.05, 0.1) is 4.90 Å².